The van der Waals surface area contributed by atoms with Crippen molar-refractivity contribution in [3.05, 3.63) is 46.6 Å². The number of anilines is 2. The Kier molecular flexibility index (Phi) is 4.66. The van der Waals surface area contributed by atoms with Crippen LogP contribution in [0.15, 0.2) is 41.0 Å². The number of nitrogens with zero attached hydrogens (tertiary/aromatic N) is 2. The molecule has 0 aliphatic heterocycles. The Morgan fingerprint density at radius 2 is 2.16 bits per heavy atom. The molecule has 0 saturated heterocycles. The largest absolute Gasteiger partial charge is 0.497 e. The molecule has 0 amide bonds. The number of benzene rings is 1. The fourth-order valence-electron chi connectivity index (χ4n) is 1.82. The van der Waals surface area contributed by atoms with E-state index in [1.54, 1.807) is 13.3 Å². The van der Waals surface area contributed by atoms with Gasteiger partial charge in [0, 0.05) is 35.0 Å². The second-order valence-electron chi connectivity index (χ2n) is 4.03. The van der Waals surface area contributed by atoms with Crippen LogP contribution in [-0.2, 0) is 5.88 Å². The molecule has 0 aliphatic rings. The van der Waals surface area contributed by atoms with E-state index >= 15 is 0 Å². The molecule has 3 nitrogen and oxygen atoms in total. The number of hydrogen-bond acceptors (Lipinski definition) is 3. The normalized spacial score (nSPS) is 10.3. The van der Waals surface area contributed by atoms with Gasteiger partial charge in [-0.3, -0.25) is 0 Å². The van der Waals surface area contributed by atoms with E-state index in [9.17, 15) is 0 Å². The predicted octanol–water partition coefficient (Wildman–Crippen LogP) is 4.36. The second-order valence-corrected chi connectivity index (χ2v) is 5.21. The SMILES string of the molecule is COc1cccc(N(C)c2ncc(Br)cc2CCl)c1. The van der Waals surface area contributed by atoms with Crippen LogP contribution in [0.25, 0.3) is 0 Å². The van der Waals surface area contributed by atoms with Gasteiger partial charge in [-0.25, -0.2) is 4.98 Å². The van der Waals surface area contributed by atoms with Crippen molar-refractivity contribution in [3.8, 4) is 5.75 Å². The number of rotatable bonds is 4. The van der Waals surface area contributed by atoms with Gasteiger partial charge in [0.25, 0.3) is 0 Å². The first kappa shape index (κ1) is 14.2. The molecule has 19 heavy (non-hydrogen) atoms. The molecule has 1 aromatic heterocycles. The maximum Gasteiger partial charge on any atom is 0.137 e. The molecule has 0 atom stereocenters. The van der Waals surface area contributed by atoms with Crippen molar-refractivity contribution in [1.29, 1.82) is 0 Å². The van der Waals surface area contributed by atoms with Gasteiger partial charge in [-0.2, -0.15) is 0 Å². The zero-order valence-corrected chi connectivity index (χ0v) is 13.1. The van der Waals surface area contributed by atoms with Crippen LogP contribution in [0.1, 0.15) is 5.56 Å². The van der Waals surface area contributed by atoms with E-state index in [0.717, 1.165) is 27.3 Å². The molecule has 0 N–H and O–H groups in total. The van der Waals surface area contributed by atoms with Crippen LogP contribution in [-0.4, -0.2) is 19.1 Å². The highest BCUT2D eigenvalue weighted by Crippen LogP contribution is 2.29. The Morgan fingerprint density at radius 3 is 2.84 bits per heavy atom. The van der Waals surface area contributed by atoms with Crippen LogP contribution in [0.5, 0.6) is 5.75 Å². The standard InChI is InChI=1S/C14H14BrClN2O/c1-18(12-4-3-5-13(7-12)19-2)14-10(8-16)6-11(15)9-17-14/h3-7,9H,8H2,1-2H3. The van der Waals surface area contributed by atoms with Crippen molar-refractivity contribution < 1.29 is 4.74 Å². The van der Waals surface area contributed by atoms with Crippen LogP contribution in [0.2, 0.25) is 0 Å². The molecule has 0 saturated carbocycles. The molecule has 0 radical (unpaired) electrons. The predicted molar refractivity (Wildman–Crippen MR) is 82.6 cm³/mol. The van der Waals surface area contributed by atoms with Gasteiger partial charge in [0.15, 0.2) is 0 Å². The zero-order chi connectivity index (χ0) is 13.8. The molecule has 0 unspecified atom stereocenters. The summed E-state index contributed by atoms with van der Waals surface area (Å²) < 4.78 is 6.16. The lowest BCUT2D eigenvalue weighted by Gasteiger charge is -2.21. The maximum atomic E-state index is 5.98. The van der Waals surface area contributed by atoms with E-state index < -0.39 is 0 Å². The van der Waals surface area contributed by atoms with E-state index in [1.165, 1.54) is 0 Å². The van der Waals surface area contributed by atoms with Gasteiger partial charge in [0.2, 0.25) is 0 Å². The van der Waals surface area contributed by atoms with Crippen molar-refractivity contribution in [2.24, 2.45) is 0 Å². The van der Waals surface area contributed by atoms with Crippen molar-refractivity contribution in [3.63, 3.8) is 0 Å². The quantitative estimate of drug-likeness (QED) is 0.773. The average Bonchev–Trinajstić information content (AvgIpc) is 2.46. The van der Waals surface area contributed by atoms with Crippen LogP contribution in [0, 0.1) is 0 Å². The molecule has 2 rings (SSSR count). The van der Waals surface area contributed by atoms with Gasteiger partial charge in [-0.15, -0.1) is 11.6 Å². The van der Waals surface area contributed by atoms with Gasteiger partial charge in [-0.1, -0.05) is 6.07 Å². The molecule has 2 aromatic rings. The number of pyridine rings is 1. The summed E-state index contributed by atoms with van der Waals surface area (Å²) in [6.45, 7) is 0. The van der Waals surface area contributed by atoms with Gasteiger partial charge < -0.3 is 9.64 Å². The molecular formula is C14H14BrClN2O. The van der Waals surface area contributed by atoms with Crippen molar-refractivity contribution >= 4 is 39.0 Å². The molecule has 0 bridgehead atoms. The summed E-state index contributed by atoms with van der Waals surface area (Å²) in [5.41, 5.74) is 1.97. The number of alkyl halides is 1. The molecule has 0 spiro atoms. The molecule has 5 heteroatoms. The third-order valence-corrected chi connectivity index (χ3v) is 3.53. The monoisotopic (exact) mass is 340 g/mol. The van der Waals surface area contributed by atoms with Crippen LogP contribution >= 0.6 is 27.5 Å². The Labute approximate surface area is 126 Å². The fourth-order valence-corrected chi connectivity index (χ4v) is 2.39. The minimum absolute atomic E-state index is 0.413. The number of ether oxygens (including phenoxy) is 1. The molecule has 1 heterocycles. The van der Waals surface area contributed by atoms with Crippen molar-refractivity contribution in [2.45, 2.75) is 5.88 Å². The Hall–Kier alpha value is -1.26. The van der Waals surface area contributed by atoms with Gasteiger partial charge in [0.05, 0.1) is 13.0 Å². The van der Waals surface area contributed by atoms with Crippen LogP contribution < -0.4 is 9.64 Å². The topological polar surface area (TPSA) is 25.4 Å². The van der Waals surface area contributed by atoms with Gasteiger partial charge >= 0.3 is 0 Å². The van der Waals surface area contributed by atoms with Crippen LogP contribution in [0.4, 0.5) is 11.5 Å². The summed E-state index contributed by atoms with van der Waals surface area (Å²) in [6.07, 6.45) is 1.77. The number of halogens is 2. The summed E-state index contributed by atoms with van der Waals surface area (Å²) in [4.78, 5) is 6.43. The van der Waals surface area contributed by atoms with E-state index in [2.05, 4.69) is 20.9 Å². The highest BCUT2D eigenvalue weighted by Gasteiger charge is 2.11. The van der Waals surface area contributed by atoms with Gasteiger partial charge in [0.1, 0.15) is 11.6 Å². The molecule has 1 aromatic carbocycles. The van der Waals surface area contributed by atoms with Crippen LogP contribution in [0.3, 0.4) is 0 Å². The highest BCUT2D eigenvalue weighted by molar-refractivity contribution is 9.10. The summed E-state index contributed by atoms with van der Waals surface area (Å²) in [6, 6.07) is 9.80. The molecular weight excluding hydrogens is 328 g/mol. The summed E-state index contributed by atoms with van der Waals surface area (Å²) in [5, 5.41) is 0. The van der Waals surface area contributed by atoms with Gasteiger partial charge in [-0.05, 0) is 34.1 Å². The Balaban J connectivity index is 2.40. The Morgan fingerprint density at radius 1 is 1.37 bits per heavy atom. The van der Waals surface area contributed by atoms with Crippen molar-refractivity contribution in [2.75, 3.05) is 19.1 Å². The minimum atomic E-state index is 0.413. The fraction of sp³-hybridized carbons (Fsp3) is 0.214. The van der Waals surface area contributed by atoms with E-state index in [-0.39, 0.29) is 0 Å². The first-order chi connectivity index (χ1) is 9.15. The van der Waals surface area contributed by atoms with E-state index in [0.29, 0.717) is 5.88 Å². The number of methoxy groups -OCH3 is 1. The highest BCUT2D eigenvalue weighted by atomic mass is 79.9. The summed E-state index contributed by atoms with van der Waals surface area (Å²) >= 11 is 9.39. The second kappa shape index (κ2) is 6.26. The first-order valence-corrected chi connectivity index (χ1v) is 7.06. The maximum absolute atomic E-state index is 5.98. The number of hydrogen-bond donors (Lipinski definition) is 0. The summed E-state index contributed by atoms with van der Waals surface area (Å²) in [7, 11) is 3.61. The van der Waals surface area contributed by atoms with Crippen molar-refractivity contribution in [1.82, 2.24) is 4.98 Å². The molecule has 100 valence electrons. The lowest BCUT2D eigenvalue weighted by atomic mass is 10.2. The zero-order valence-electron chi connectivity index (χ0n) is 10.7. The molecule has 0 fully saturated rings. The van der Waals surface area contributed by atoms with E-state index in [1.807, 2.05) is 42.3 Å². The summed E-state index contributed by atoms with van der Waals surface area (Å²) in [5.74, 6) is 2.07. The first-order valence-electron chi connectivity index (χ1n) is 5.74. The third-order valence-electron chi connectivity index (χ3n) is 2.81. The Bertz CT molecular complexity index is 577. The third kappa shape index (κ3) is 3.19. The van der Waals surface area contributed by atoms with E-state index in [4.69, 9.17) is 16.3 Å². The minimum Gasteiger partial charge on any atom is -0.497 e. The molecule has 0 aliphatic carbocycles. The average molecular weight is 342 g/mol. The smallest absolute Gasteiger partial charge is 0.137 e. The lowest BCUT2D eigenvalue weighted by molar-refractivity contribution is 0.415. The number of aromatic nitrogens is 1. The lowest BCUT2D eigenvalue weighted by Crippen LogP contribution is -2.13.